The molecule has 22 heavy (non-hydrogen) atoms. The Morgan fingerprint density at radius 1 is 0.545 bits per heavy atom. The lowest BCUT2D eigenvalue weighted by molar-refractivity contribution is 0.204. The van der Waals surface area contributed by atoms with Crippen molar-refractivity contribution in [2.24, 2.45) is 0 Å². The van der Waals surface area contributed by atoms with Gasteiger partial charge >= 0.3 is 0 Å². The SMILES string of the molecule is O[C@H](c1ccccc1)c1cccc([C@@H](O)c2ccccc2)n1. The number of aromatic nitrogens is 1. The molecule has 2 aromatic carbocycles. The number of hydrogen-bond acceptors (Lipinski definition) is 3. The fourth-order valence-electron chi connectivity index (χ4n) is 2.39. The van der Waals surface area contributed by atoms with E-state index in [9.17, 15) is 10.2 Å². The summed E-state index contributed by atoms with van der Waals surface area (Å²) in [5.74, 6) is 0. The summed E-state index contributed by atoms with van der Waals surface area (Å²) in [6.45, 7) is 0. The molecule has 0 bridgehead atoms. The van der Waals surface area contributed by atoms with E-state index in [2.05, 4.69) is 4.98 Å². The first kappa shape index (κ1) is 14.4. The molecule has 0 aliphatic rings. The van der Waals surface area contributed by atoms with Gasteiger partial charge in [0.05, 0.1) is 11.4 Å². The van der Waals surface area contributed by atoms with Crippen molar-refractivity contribution in [1.29, 1.82) is 0 Å². The van der Waals surface area contributed by atoms with Crippen molar-refractivity contribution in [3.05, 3.63) is 101 Å². The van der Waals surface area contributed by atoms with Gasteiger partial charge in [-0.3, -0.25) is 4.98 Å². The first-order valence-corrected chi connectivity index (χ1v) is 7.18. The Bertz CT molecular complexity index is 668. The first-order valence-electron chi connectivity index (χ1n) is 7.18. The molecule has 2 N–H and O–H groups in total. The number of benzene rings is 2. The summed E-state index contributed by atoms with van der Waals surface area (Å²) >= 11 is 0. The third-order valence-corrected chi connectivity index (χ3v) is 3.58. The number of pyridine rings is 1. The molecule has 3 aromatic rings. The largest absolute Gasteiger partial charge is 0.382 e. The van der Waals surface area contributed by atoms with E-state index in [0.29, 0.717) is 11.4 Å². The fourth-order valence-corrected chi connectivity index (χ4v) is 2.39. The monoisotopic (exact) mass is 291 g/mol. The molecule has 0 spiro atoms. The first-order chi connectivity index (χ1) is 10.8. The summed E-state index contributed by atoms with van der Waals surface area (Å²) in [4.78, 5) is 4.43. The molecule has 0 unspecified atom stereocenters. The Morgan fingerprint density at radius 2 is 0.955 bits per heavy atom. The highest BCUT2D eigenvalue weighted by molar-refractivity contribution is 5.30. The average Bonchev–Trinajstić information content (AvgIpc) is 2.62. The molecule has 1 heterocycles. The molecule has 0 saturated carbocycles. The molecule has 2 atom stereocenters. The van der Waals surface area contributed by atoms with Crippen LogP contribution in [0.4, 0.5) is 0 Å². The van der Waals surface area contributed by atoms with Crippen LogP contribution in [0.5, 0.6) is 0 Å². The van der Waals surface area contributed by atoms with E-state index in [1.807, 2.05) is 60.7 Å². The van der Waals surface area contributed by atoms with Gasteiger partial charge in [-0.2, -0.15) is 0 Å². The highest BCUT2D eigenvalue weighted by atomic mass is 16.3. The van der Waals surface area contributed by atoms with Gasteiger partial charge < -0.3 is 10.2 Å². The van der Waals surface area contributed by atoms with Crippen LogP contribution < -0.4 is 0 Å². The van der Waals surface area contributed by atoms with E-state index in [4.69, 9.17) is 0 Å². The maximum atomic E-state index is 10.4. The van der Waals surface area contributed by atoms with Gasteiger partial charge in [-0.1, -0.05) is 66.7 Å². The van der Waals surface area contributed by atoms with Crippen LogP contribution in [0.3, 0.4) is 0 Å². The third kappa shape index (κ3) is 3.06. The molecule has 0 aliphatic heterocycles. The number of hydrogen-bond donors (Lipinski definition) is 2. The number of aliphatic hydroxyl groups excluding tert-OH is 2. The Labute approximate surface area is 129 Å². The third-order valence-electron chi connectivity index (χ3n) is 3.58. The molecule has 3 rings (SSSR count). The Morgan fingerprint density at radius 3 is 1.36 bits per heavy atom. The van der Waals surface area contributed by atoms with E-state index >= 15 is 0 Å². The summed E-state index contributed by atoms with van der Waals surface area (Å²) < 4.78 is 0. The standard InChI is InChI=1S/C19H17NO2/c21-18(14-8-3-1-4-9-14)16-12-7-13-17(20-16)19(22)15-10-5-2-6-11-15/h1-13,18-19,21-22H/t18-,19+. The second-order valence-electron chi connectivity index (χ2n) is 5.11. The fraction of sp³-hybridized carbons (Fsp3) is 0.105. The molecule has 0 saturated heterocycles. The van der Waals surface area contributed by atoms with Crippen LogP contribution in [0.25, 0.3) is 0 Å². The van der Waals surface area contributed by atoms with Gasteiger partial charge in [0.2, 0.25) is 0 Å². The van der Waals surface area contributed by atoms with Crippen molar-refractivity contribution in [2.75, 3.05) is 0 Å². The summed E-state index contributed by atoms with van der Waals surface area (Å²) in [7, 11) is 0. The lowest BCUT2D eigenvalue weighted by Crippen LogP contribution is -2.07. The van der Waals surface area contributed by atoms with Crippen LogP contribution in [0.2, 0.25) is 0 Å². The van der Waals surface area contributed by atoms with Gasteiger partial charge in [0.25, 0.3) is 0 Å². The van der Waals surface area contributed by atoms with Gasteiger partial charge in [0.15, 0.2) is 0 Å². The van der Waals surface area contributed by atoms with Crippen molar-refractivity contribution in [3.63, 3.8) is 0 Å². The number of nitrogens with zero attached hydrogens (tertiary/aromatic N) is 1. The van der Waals surface area contributed by atoms with Gasteiger partial charge in [-0.15, -0.1) is 0 Å². The van der Waals surface area contributed by atoms with E-state index < -0.39 is 12.2 Å². The zero-order valence-electron chi connectivity index (χ0n) is 12.0. The second-order valence-corrected chi connectivity index (χ2v) is 5.11. The van der Waals surface area contributed by atoms with E-state index in [-0.39, 0.29) is 0 Å². The zero-order chi connectivity index (χ0) is 15.4. The second kappa shape index (κ2) is 6.52. The average molecular weight is 291 g/mol. The highest BCUT2D eigenvalue weighted by Crippen LogP contribution is 2.24. The van der Waals surface area contributed by atoms with E-state index in [1.54, 1.807) is 18.2 Å². The van der Waals surface area contributed by atoms with Crippen LogP contribution >= 0.6 is 0 Å². The molecule has 1 aromatic heterocycles. The van der Waals surface area contributed by atoms with Gasteiger partial charge in [-0.05, 0) is 23.3 Å². The maximum Gasteiger partial charge on any atom is 0.121 e. The molecule has 0 aliphatic carbocycles. The quantitative estimate of drug-likeness (QED) is 0.776. The Kier molecular flexibility index (Phi) is 4.28. The highest BCUT2D eigenvalue weighted by Gasteiger charge is 2.16. The lowest BCUT2D eigenvalue weighted by atomic mass is 10.0. The van der Waals surface area contributed by atoms with E-state index in [1.165, 1.54) is 0 Å². The summed E-state index contributed by atoms with van der Waals surface area (Å²) in [6.07, 6.45) is -1.60. The number of aliphatic hydroxyl groups is 2. The number of rotatable bonds is 4. The van der Waals surface area contributed by atoms with Crippen molar-refractivity contribution in [2.45, 2.75) is 12.2 Å². The van der Waals surface area contributed by atoms with Gasteiger partial charge in [-0.25, -0.2) is 0 Å². The molecule has 0 radical (unpaired) electrons. The summed E-state index contributed by atoms with van der Waals surface area (Å²) in [6, 6.07) is 24.1. The lowest BCUT2D eigenvalue weighted by Gasteiger charge is -2.15. The molecule has 3 heteroatoms. The Balaban J connectivity index is 1.90. The van der Waals surface area contributed by atoms with Crippen LogP contribution in [0, 0.1) is 0 Å². The minimum atomic E-state index is -0.802. The van der Waals surface area contributed by atoms with Crippen molar-refractivity contribution in [1.82, 2.24) is 4.98 Å². The zero-order valence-corrected chi connectivity index (χ0v) is 12.0. The molecule has 110 valence electrons. The minimum Gasteiger partial charge on any atom is -0.382 e. The molecule has 3 nitrogen and oxygen atoms in total. The predicted molar refractivity (Wildman–Crippen MR) is 85.2 cm³/mol. The van der Waals surface area contributed by atoms with Gasteiger partial charge in [0.1, 0.15) is 12.2 Å². The topological polar surface area (TPSA) is 53.4 Å². The van der Waals surface area contributed by atoms with Crippen LogP contribution in [0.15, 0.2) is 78.9 Å². The van der Waals surface area contributed by atoms with E-state index in [0.717, 1.165) is 11.1 Å². The summed E-state index contributed by atoms with van der Waals surface area (Å²) in [5.41, 5.74) is 2.61. The normalized spacial score (nSPS) is 13.5. The molecular formula is C19H17NO2. The molecule has 0 fully saturated rings. The Hall–Kier alpha value is -2.49. The van der Waals surface area contributed by atoms with Crippen molar-refractivity contribution >= 4 is 0 Å². The van der Waals surface area contributed by atoms with Crippen LogP contribution in [-0.2, 0) is 0 Å². The van der Waals surface area contributed by atoms with Gasteiger partial charge in [0, 0.05) is 0 Å². The summed E-state index contributed by atoms with van der Waals surface area (Å²) in [5, 5.41) is 20.8. The van der Waals surface area contributed by atoms with Crippen LogP contribution in [0.1, 0.15) is 34.7 Å². The molecular weight excluding hydrogens is 274 g/mol. The smallest absolute Gasteiger partial charge is 0.121 e. The van der Waals surface area contributed by atoms with Crippen LogP contribution in [-0.4, -0.2) is 15.2 Å². The molecule has 0 amide bonds. The minimum absolute atomic E-state index is 0.527. The maximum absolute atomic E-state index is 10.4. The predicted octanol–water partition coefficient (Wildman–Crippen LogP) is 3.25. The van der Waals surface area contributed by atoms with Crippen molar-refractivity contribution in [3.8, 4) is 0 Å². The van der Waals surface area contributed by atoms with Crippen molar-refractivity contribution < 1.29 is 10.2 Å².